The Hall–Kier alpha value is -1.34. The molecular weight excluding hydrogens is 320 g/mol. The lowest BCUT2D eigenvalue weighted by Gasteiger charge is -2.39. The van der Waals surface area contributed by atoms with Crippen LogP contribution in [0.4, 0.5) is 4.79 Å². The van der Waals surface area contributed by atoms with Crippen molar-refractivity contribution in [1.82, 2.24) is 15.5 Å². The van der Waals surface area contributed by atoms with Gasteiger partial charge in [-0.2, -0.15) is 0 Å². The largest absolute Gasteiger partial charge is 0.341 e. The van der Waals surface area contributed by atoms with Crippen molar-refractivity contribution in [3.63, 3.8) is 0 Å². The molecular formula is C15H27ClN4O3. The van der Waals surface area contributed by atoms with E-state index in [-0.39, 0.29) is 36.1 Å². The van der Waals surface area contributed by atoms with E-state index in [1.54, 1.807) is 11.8 Å². The summed E-state index contributed by atoms with van der Waals surface area (Å²) in [4.78, 5) is 37.5. The van der Waals surface area contributed by atoms with Gasteiger partial charge in [0.2, 0.25) is 5.91 Å². The summed E-state index contributed by atoms with van der Waals surface area (Å²) in [5.74, 6) is -0.109. The minimum atomic E-state index is -0.870. The number of halogens is 1. The number of imide groups is 1. The minimum Gasteiger partial charge on any atom is -0.341 e. The topological polar surface area (TPSA) is 105 Å². The molecule has 4 N–H and O–H groups in total. The van der Waals surface area contributed by atoms with Crippen LogP contribution in [0.15, 0.2) is 0 Å². The molecule has 4 amide bonds. The number of amides is 4. The summed E-state index contributed by atoms with van der Waals surface area (Å²) in [5, 5.41) is 5.01. The molecule has 8 heteroatoms. The third-order valence-electron chi connectivity index (χ3n) is 5.24. The molecule has 2 rings (SSSR count). The summed E-state index contributed by atoms with van der Waals surface area (Å²) in [6, 6.07) is -0.906. The van der Waals surface area contributed by atoms with Crippen molar-refractivity contribution < 1.29 is 14.4 Å². The Morgan fingerprint density at radius 2 is 1.96 bits per heavy atom. The predicted octanol–water partition coefficient (Wildman–Crippen LogP) is 0.618. The minimum absolute atomic E-state index is 0. The molecule has 0 bridgehead atoms. The van der Waals surface area contributed by atoms with E-state index < -0.39 is 17.6 Å². The maximum absolute atomic E-state index is 12.4. The van der Waals surface area contributed by atoms with Gasteiger partial charge in [-0.25, -0.2) is 4.79 Å². The lowest BCUT2D eigenvalue weighted by atomic mass is 9.79. The quantitative estimate of drug-likeness (QED) is 0.649. The third-order valence-corrected chi connectivity index (χ3v) is 5.24. The zero-order chi connectivity index (χ0) is 16.5. The second-order valence-corrected chi connectivity index (χ2v) is 6.62. The number of nitrogens with two attached hydrogens (primary N) is 1. The van der Waals surface area contributed by atoms with Gasteiger partial charge in [0.1, 0.15) is 5.54 Å². The van der Waals surface area contributed by atoms with Crippen molar-refractivity contribution in [3.05, 3.63) is 0 Å². The van der Waals surface area contributed by atoms with Crippen molar-refractivity contribution in [2.45, 2.75) is 51.6 Å². The number of nitrogens with zero attached hydrogens (tertiary/aromatic N) is 1. The van der Waals surface area contributed by atoms with Crippen LogP contribution < -0.4 is 16.4 Å². The first-order valence-corrected chi connectivity index (χ1v) is 7.97. The van der Waals surface area contributed by atoms with Crippen molar-refractivity contribution in [2.24, 2.45) is 17.6 Å². The fraction of sp³-hybridized carbons (Fsp3) is 0.800. The van der Waals surface area contributed by atoms with Crippen LogP contribution in [0.3, 0.4) is 0 Å². The van der Waals surface area contributed by atoms with Gasteiger partial charge in [-0.3, -0.25) is 14.9 Å². The monoisotopic (exact) mass is 346 g/mol. The number of nitrogens with one attached hydrogen (secondary N) is 2. The summed E-state index contributed by atoms with van der Waals surface area (Å²) in [5.41, 5.74) is 5.14. The summed E-state index contributed by atoms with van der Waals surface area (Å²) in [6.07, 6.45) is 2.24. The van der Waals surface area contributed by atoms with Gasteiger partial charge in [0.05, 0.1) is 6.04 Å². The molecule has 2 fully saturated rings. The highest BCUT2D eigenvalue weighted by molar-refractivity contribution is 6.07. The molecule has 3 unspecified atom stereocenters. The number of piperidine rings is 1. The molecule has 2 aliphatic rings. The third kappa shape index (κ3) is 3.77. The van der Waals surface area contributed by atoms with Crippen LogP contribution in [0.2, 0.25) is 0 Å². The fourth-order valence-electron chi connectivity index (χ4n) is 3.23. The molecule has 3 atom stereocenters. The Balaban J connectivity index is 0.00000264. The number of rotatable bonds is 4. The highest BCUT2D eigenvalue weighted by Crippen LogP contribution is 2.31. The van der Waals surface area contributed by atoms with Gasteiger partial charge < -0.3 is 16.0 Å². The summed E-state index contributed by atoms with van der Waals surface area (Å²) < 4.78 is 0. The molecule has 0 aromatic carbocycles. The molecule has 23 heavy (non-hydrogen) atoms. The molecule has 0 radical (unpaired) electrons. The molecule has 0 aliphatic carbocycles. The van der Waals surface area contributed by atoms with Crippen LogP contribution in [0.25, 0.3) is 0 Å². The van der Waals surface area contributed by atoms with Gasteiger partial charge in [-0.1, -0.05) is 20.3 Å². The van der Waals surface area contributed by atoms with E-state index in [2.05, 4.69) is 10.6 Å². The predicted molar refractivity (Wildman–Crippen MR) is 89.1 cm³/mol. The van der Waals surface area contributed by atoms with E-state index >= 15 is 0 Å². The van der Waals surface area contributed by atoms with Crippen LogP contribution in [-0.4, -0.2) is 47.4 Å². The Morgan fingerprint density at radius 1 is 1.39 bits per heavy atom. The van der Waals surface area contributed by atoms with E-state index in [9.17, 15) is 14.4 Å². The van der Waals surface area contributed by atoms with Crippen LogP contribution in [0.1, 0.15) is 40.0 Å². The molecule has 132 valence electrons. The Labute approximate surface area is 143 Å². The molecule has 0 saturated carbocycles. The summed E-state index contributed by atoms with van der Waals surface area (Å²) >= 11 is 0. The highest BCUT2D eigenvalue weighted by atomic mass is 35.5. The first kappa shape index (κ1) is 19.7. The number of hydrogen-bond acceptors (Lipinski definition) is 4. The maximum Gasteiger partial charge on any atom is 0.322 e. The van der Waals surface area contributed by atoms with E-state index in [1.807, 2.05) is 13.8 Å². The molecule has 0 aromatic heterocycles. The van der Waals surface area contributed by atoms with Gasteiger partial charge in [0.25, 0.3) is 5.91 Å². The summed E-state index contributed by atoms with van der Waals surface area (Å²) in [6.45, 7) is 6.90. The second-order valence-electron chi connectivity index (χ2n) is 6.62. The smallest absolute Gasteiger partial charge is 0.322 e. The van der Waals surface area contributed by atoms with Crippen LogP contribution in [-0.2, 0) is 9.59 Å². The van der Waals surface area contributed by atoms with Crippen LogP contribution in [0.5, 0.6) is 0 Å². The lowest BCUT2D eigenvalue weighted by Crippen LogP contribution is -2.56. The molecule has 7 nitrogen and oxygen atoms in total. The molecule has 0 spiro atoms. The Bertz CT molecular complexity index is 479. The lowest BCUT2D eigenvalue weighted by molar-refractivity contribution is -0.136. The van der Waals surface area contributed by atoms with Crippen molar-refractivity contribution in [3.8, 4) is 0 Å². The number of hydrogen-bond donors (Lipinski definition) is 3. The number of urea groups is 1. The van der Waals surface area contributed by atoms with Gasteiger partial charge in [-0.05, 0) is 31.6 Å². The van der Waals surface area contributed by atoms with E-state index in [4.69, 9.17) is 5.73 Å². The van der Waals surface area contributed by atoms with Crippen molar-refractivity contribution in [1.29, 1.82) is 0 Å². The zero-order valence-electron chi connectivity index (χ0n) is 13.9. The van der Waals surface area contributed by atoms with Crippen LogP contribution in [0, 0.1) is 11.8 Å². The normalized spacial score (nSPS) is 27.7. The first-order chi connectivity index (χ1) is 10.3. The molecule has 0 aromatic rings. The average Bonchev–Trinajstić information content (AvgIpc) is 2.78. The average molecular weight is 347 g/mol. The van der Waals surface area contributed by atoms with Gasteiger partial charge in [0.15, 0.2) is 0 Å². The van der Waals surface area contributed by atoms with Gasteiger partial charge >= 0.3 is 6.03 Å². The number of carbonyl (C=O) groups is 3. The fourth-order valence-corrected chi connectivity index (χ4v) is 3.23. The SMILES string of the molecule is CCC(C)C(N)C(=O)N1CCC(C2(C)NC(=O)NC2=O)CC1.Cl. The Morgan fingerprint density at radius 3 is 2.39 bits per heavy atom. The zero-order valence-corrected chi connectivity index (χ0v) is 14.7. The standard InChI is InChI=1S/C15H26N4O3.ClH/c1-4-9(2)11(16)12(20)19-7-5-10(6-8-19)15(3)13(21)17-14(22)18-15;/h9-11H,4-8,16H2,1-3H3,(H2,17,18,21,22);1H. The van der Waals surface area contributed by atoms with Gasteiger partial charge in [0, 0.05) is 13.1 Å². The number of likely N-dealkylation sites (tertiary alicyclic amines) is 1. The van der Waals surface area contributed by atoms with E-state index in [1.165, 1.54) is 0 Å². The maximum atomic E-state index is 12.4. The van der Waals surface area contributed by atoms with Gasteiger partial charge in [-0.15, -0.1) is 12.4 Å². The Kier molecular flexibility index (Phi) is 6.41. The number of carbonyl (C=O) groups excluding carboxylic acids is 3. The van der Waals surface area contributed by atoms with Crippen molar-refractivity contribution >= 4 is 30.3 Å². The molecule has 2 aliphatic heterocycles. The highest BCUT2D eigenvalue weighted by Gasteiger charge is 2.48. The van der Waals surface area contributed by atoms with Crippen LogP contribution >= 0.6 is 12.4 Å². The van der Waals surface area contributed by atoms with E-state index in [0.717, 1.165) is 6.42 Å². The molecule has 2 saturated heterocycles. The van der Waals surface area contributed by atoms with E-state index in [0.29, 0.717) is 25.9 Å². The summed E-state index contributed by atoms with van der Waals surface area (Å²) in [7, 11) is 0. The first-order valence-electron chi connectivity index (χ1n) is 7.97. The molecule has 2 heterocycles. The second kappa shape index (κ2) is 7.49. The van der Waals surface area contributed by atoms with Crippen molar-refractivity contribution in [2.75, 3.05) is 13.1 Å².